The van der Waals surface area contributed by atoms with Crippen molar-refractivity contribution < 1.29 is 0 Å². The Morgan fingerprint density at radius 2 is 1.95 bits per heavy atom. The van der Waals surface area contributed by atoms with Gasteiger partial charge < -0.3 is 5.73 Å². The van der Waals surface area contributed by atoms with Gasteiger partial charge in [-0.1, -0.05) is 11.6 Å². The molecule has 4 unspecified atom stereocenters. The average Bonchev–Trinajstić information content (AvgIpc) is 2.88. The summed E-state index contributed by atoms with van der Waals surface area (Å²) in [5.41, 5.74) is 7.60. The van der Waals surface area contributed by atoms with Gasteiger partial charge in [0.2, 0.25) is 0 Å². The fourth-order valence-electron chi connectivity index (χ4n) is 4.91. The van der Waals surface area contributed by atoms with Gasteiger partial charge in [0.15, 0.2) is 5.82 Å². The van der Waals surface area contributed by atoms with Crippen molar-refractivity contribution in [3.8, 4) is 11.4 Å². The van der Waals surface area contributed by atoms with Gasteiger partial charge in [-0.3, -0.25) is 0 Å². The van der Waals surface area contributed by atoms with Crippen molar-refractivity contribution in [2.24, 2.45) is 23.7 Å². The van der Waals surface area contributed by atoms with Crippen molar-refractivity contribution in [1.82, 2.24) is 20.2 Å². The first-order valence-corrected chi connectivity index (χ1v) is 7.95. The number of halogens is 1. The zero-order valence-electron chi connectivity index (χ0n) is 11.5. The molecule has 1 heterocycles. The molecule has 1 aromatic carbocycles. The van der Waals surface area contributed by atoms with E-state index in [0.29, 0.717) is 16.8 Å². The Hall–Kier alpha value is -1.62. The molecule has 0 amide bonds. The van der Waals surface area contributed by atoms with E-state index in [2.05, 4.69) is 15.5 Å². The normalized spacial score (nSPS) is 36.0. The number of nitrogen functional groups attached to an aromatic ring is 1. The van der Waals surface area contributed by atoms with E-state index in [0.717, 1.165) is 35.1 Å². The summed E-state index contributed by atoms with van der Waals surface area (Å²) in [4.78, 5) is 0. The summed E-state index contributed by atoms with van der Waals surface area (Å²) >= 11 is 5.98. The van der Waals surface area contributed by atoms with Crippen LogP contribution in [0.1, 0.15) is 25.3 Å². The second-order valence-corrected chi connectivity index (χ2v) is 7.09. The molecule has 3 aliphatic rings. The highest BCUT2D eigenvalue weighted by Crippen LogP contribution is 2.71. The summed E-state index contributed by atoms with van der Waals surface area (Å²) in [6.45, 7) is 0. The van der Waals surface area contributed by atoms with E-state index in [1.165, 1.54) is 19.3 Å². The monoisotopic (exact) mass is 301 g/mol. The minimum Gasteiger partial charge on any atom is -0.398 e. The lowest BCUT2D eigenvalue weighted by Crippen LogP contribution is -2.09. The second-order valence-electron chi connectivity index (χ2n) is 6.66. The van der Waals surface area contributed by atoms with Crippen molar-refractivity contribution in [3.05, 3.63) is 23.2 Å². The van der Waals surface area contributed by atoms with Gasteiger partial charge in [0, 0.05) is 16.3 Å². The topological polar surface area (TPSA) is 69.6 Å². The molecule has 2 N–H and O–H groups in total. The van der Waals surface area contributed by atoms with Crippen molar-refractivity contribution in [3.63, 3.8) is 0 Å². The van der Waals surface area contributed by atoms with Crippen LogP contribution in [0.4, 0.5) is 5.69 Å². The van der Waals surface area contributed by atoms with E-state index in [4.69, 9.17) is 17.3 Å². The van der Waals surface area contributed by atoms with E-state index in [1.54, 1.807) is 6.07 Å². The molecule has 0 aliphatic heterocycles. The van der Waals surface area contributed by atoms with E-state index in [9.17, 15) is 0 Å². The molecule has 3 fully saturated rings. The molecule has 3 saturated carbocycles. The molecule has 1 aromatic heterocycles. The zero-order chi connectivity index (χ0) is 14.1. The Morgan fingerprint density at radius 3 is 2.67 bits per heavy atom. The minimum absolute atomic E-state index is 0.483. The van der Waals surface area contributed by atoms with Gasteiger partial charge in [-0.25, -0.2) is 4.68 Å². The van der Waals surface area contributed by atoms with Crippen LogP contribution in [0.15, 0.2) is 18.2 Å². The van der Waals surface area contributed by atoms with E-state index >= 15 is 0 Å². The number of hydrogen-bond donors (Lipinski definition) is 1. The summed E-state index contributed by atoms with van der Waals surface area (Å²) in [5.74, 6) is 4.15. The number of nitrogens with two attached hydrogens (primary N) is 1. The molecule has 4 atom stereocenters. The SMILES string of the molecule is Nc1cc(Cl)ccc1-c1nnnn1C1C2C3CCC(C3)C21. The second kappa shape index (κ2) is 3.97. The molecule has 2 aromatic rings. The van der Waals surface area contributed by atoms with Crippen LogP contribution in [0, 0.1) is 23.7 Å². The van der Waals surface area contributed by atoms with E-state index < -0.39 is 0 Å². The Kier molecular flexibility index (Phi) is 2.27. The van der Waals surface area contributed by atoms with Gasteiger partial charge in [-0.2, -0.15) is 0 Å². The maximum atomic E-state index is 6.09. The summed E-state index contributed by atoms with van der Waals surface area (Å²) in [6.07, 6.45) is 4.21. The van der Waals surface area contributed by atoms with Gasteiger partial charge in [0.1, 0.15) is 0 Å². The molecule has 5 nitrogen and oxygen atoms in total. The molecule has 6 heteroatoms. The molecule has 108 valence electrons. The third-order valence-corrected chi connectivity index (χ3v) is 5.96. The number of aromatic nitrogens is 4. The van der Waals surface area contributed by atoms with Crippen molar-refractivity contribution in [2.45, 2.75) is 25.3 Å². The first-order valence-electron chi connectivity index (χ1n) is 7.57. The fraction of sp³-hybridized carbons (Fsp3) is 0.533. The van der Waals surface area contributed by atoms with Gasteiger partial charge >= 0.3 is 0 Å². The van der Waals surface area contributed by atoms with E-state index in [1.807, 2.05) is 16.8 Å². The average molecular weight is 302 g/mol. The standard InChI is InChI=1S/C15H16ClN5/c16-9-3-4-10(11(17)6-9)15-18-19-20-21(15)14-12-7-1-2-8(5-7)13(12)14/h3-4,6-8,12-14H,1-2,5,17H2. The smallest absolute Gasteiger partial charge is 0.184 e. The fourth-order valence-corrected chi connectivity index (χ4v) is 5.10. The Labute approximate surface area is 127 Å². The maximum Gasteiger partial charge on any atom is 0.184 e. The number of anilines is 1. The largest absolute Gasteiger partial charge is 0.398 e. The van der Waals surface area contributed by atoms with Crippen LogP contribution in [-0.4, -0.2) is 20.2 Å². The summed E-state index contributed by atoms with van der Waals surface area (Å²) < 4.78 is 2.01. The molecular weight excluding hydrogens is 286 g/mol. The summed E-state index contributed by atoms with van der Waals surface area (Å²) in [6, 6.07) is 5.99. The van der Waals surface area contributed by atoms with E-state index in [-0.39, 0.29) is 0 Å². The van der Waals surface area contributed by atoms with Crippen molar-refractivity contribution in [2.75, 3.05) is 5.73 Å². The highest BCUT2D eigenvalue weighted by Gasteiger charge is 2.66. The molecule has 21 heavy (non-hydrogen) atoms. The third kappa shape index (κ3) is 1.55. The van der Waals surface area contributed by atoms with Gasteiger partial charge in [0.05, 0.1) is 6.04 Å². The lowest BCUT2D eigenvalue weighted by atomic mass is 10.0. The van der Waals surface area contributed by atoms with Gasteiger partial charge in [0.25, 0.3) is 0 Å². The quantitative estimate of drug-likeness (QED) is 0.866. The first-order chi connectivity index (χ1) is 10.2. The van der Waals surface area contributed by atoms with Crippen LogP contribution in [0.25, 0.3) is 11.4 Å². The minimum atomic E-state index is 0.483. The Balaban J connectivity index is 1.55. The zero-order valence-corrected chi connectivity index (χ0v) is 12.2. The molecule has 5 rings (SSSR count). The lowest BCUT2D eigenvalue weighted by Gasteiger charge is -2.11. The first kappa shape index (κ1) is 12.0. The van der Waals surface area contributed by atoms with Crippen LogP contribution in [0.5, 0.6) is 0 Å². The third-order valence-electron chi connectivity index (χ3n) is 5.72. The number of rotatable bonds is 2. The number of nitrogens with zero attached hydrogens (tertiary/aromatic N) is 4. The van der Waals surface area contributed by atoms with Crippen LogP contribution < -0.4 is 5.73 Å². The molecule has 0 spiro atoms. The number of benzene rings is 1. The predicted molar refractivity (Wildman–Crippen MR) is 79.5 cm³/mol. The molecular formula is C15H16ClN5. The van der Waals surface area contributed by atoms with Gasteiger partial charge in [-0.05, 0) is 71.6 Å². The summed E-state index contributed by atoms with van der Waals surface area (Å²) in [5, 5.41) is 13.0. The number of hydrogen-bond acceptors (Lipinski definition) is 4. The number of fused-ring (bicyclic) bond motifs is 5. The van der Waals surface area contributed by atoms with Crippen LogP contribution in [0.2, 0.25) is 5.02 Å². The summed E-state index contributed by atoms with van der Waals surface area (Å²) in [7, 11) is 0. The maximum absolute atomic E-state index is 6.09. The highest BCUT2D eigenvalue weighted by molar-refractivity contribution is 6.31. The number of tetrazole rings is 1. The molecule has 2 bridgehead atoms. The molecule has 3 aliphatic carbocycles. The van der Waals surface area contributed by atoms with Crippen LogP contribution in [0.3, 0.4) is 0 Å². The predicted octanol–water partition coefficient (Wildman–Crippen LogP) is 2.79. The van der Waals surface area contributed by atoms with Gasteiger partial charge in [-0.15, -0.1) is 5.10 Å². The highest BCUT2D eigenvalue weighted by atomic mass is 35.5. The van der Waals surface area contributed by atoms with Crippen molar-refractivity contribution in [1.29, 1.82) is 0 Å². The van der Waals surface area contributed by atoms with Crippen LogP contribution in [-0.2, 0) is 0 Å². The molecule has 0 radical (unpaired) electrons. The Morgan fingerprint density at radius 1 is 1.19 bits per heavy atom. The Bertz CT molecular complexity index is 711. The lowest BCUT2D eigenvalue weighted by molar-refractivity contribution is 0.427. The molecule has 0 saturated heterocycles. The van der Waals surface area contributed by atoms with Crippen molar-refractivity contribution >= 4 is 17.3 Å². The van der Waals surface area contributed by atoms with Crippen LogP contribution >= 0.6 is 11.6 Å².